The second-order valence-corrected chi connectivity index (χ2v) is 28.0. The van der Waals surface area contributed by atoms with Crippen molar-refractivity contribution in [2.75, 3.05) is 40.9 Å². The number of carbonyl (C=O) groups is 1. The first-order valence-electron chi connectivity index (χ1n) is 38.2. The van der Waals surface area contributed by atoms with Gasteiger partial charge in [0.25, 0.3) is 7.82 Å². The van der Waals surface area contributed by atoms with E-state index in [1.807, 2.05) is 27.2 Å². The lowest BCUT2D eigenvalue weighted by molar-refractivity contribution is -0.870. The number of phosphoric ester groups is 1. The van der Waals surface area contributed by atoms with E-state index < -0.39 is 26.6 Å². The van der Waals surface area contributed by atoms with E-state index in [2.05, 4.69) is 153 Å². The molecule has 0 aromatic carbocycles. The Morgan fingerprint density at radius 1 is 0.391 bits per heavy atom. The van der Waals surface area contributed by atoms with E-state index in [9.17, 15) is 19.4 Å². The van der Waals surface area contributed by atoms with E-state index in [1.54, 1.807) is 6.08 Å². The van der Waals surface area contributed by atoms with E-state index in [4.69, 9.17) is 9.05 Å². The molecule has 0 aliphatic heterocycles. The Labute approximate surface area is 569 Å². The SMILES string of the molecule is CC/C=C\C/C=C\C/C=C\C/C=C\C/C=C\C/C=C\C/C=C\C/C=C\C/C=C\CCCCCCCCCCCCCCCC(=O)NC(COP(=O)([O-])OCC[N+](C)(C)C)C(O)/C=C/CC/C=C/CC/C=C/CCCCCCCCCCCCCCCCCCCCC. The highest BCUT2D eigenvalue weighted by Gasteiger charge is 2.23. The molecule has 0 aliphatic rings. The number of amides is 1. The zero-order valence-electron chi connectivity index (χ0n) is 60.5. The lowest BCUT2D eigenvalue weighted by atomic mass is 10.0. The van der Waals surface area contributed by atoms with Gasteiger partial charge in [-0.2, -0.15) is 0 Å². The molecule has 1 amide bonds. The zero-order valence-corrected chi connectivity index (χ0v) is 61.4. The van der Waals surface area contributed by atoms with Crippen LogP contribution in [-0.2, 0) is 18.4 Å². The molecular formula is C83H145N2O6P. The van der Waals surface area contributed by atoms with Gasteiger partial charge in [-0.05, 0) is 116 Å². The topological polar surface area (TPSA) is 108 Å². The molecule has 0 saturated carbocycles. The minimum atomic E-state index is -4.63. The molecule has 0 rings (SSSR count). The van der Waals surface area contributed by atoms with Gasteiger partial charge in [0, 0.05) is 6.42 Å². The predicted octanol–water partition coefficient (Wildman–Crippen LogP) is 24.5. The van der Waals surface area contributed by atoms with Crippen molar-refractivity contribution in [3.05, 3.63) is 146 Å². The minimum Gasteiger partial charge on any atom is -0.756 e. The highest BCUT2D eigenvalue weighted by molar-refractivity contribution is 7.45. The van der Waals surface area contributed by atoms with Gasteiger partial charge in [-0.15, -0.1) is 0 Å². The molecule has 0 bridgehead atoms. The summed E-state index contributed by atoms with van der Waals surface area (Å²) in [5.74, 6) is -0.215. The Morgan fingerprint density at radius 3 is 1.01 bits per heavy atom. The van der Waals surface area contributed by atoms with Crippen LogP contribution in [0.2, 0.25) is 0 Å². The highest BCUT2D eigenvalue weighted by Crippen LogP contribution is 2.38. The average molecular weight is 1300 g/mol. The van der Waals surface area contributed by atoms with Gasteiger partial charge in [-0.25, -0.2) is 0 Å². The normalized spacial score (nSPS) is 14.4. The van der Waals surface area contributed by atoms with Gasteiger partial charge in [0.2, 0.25) is 5.91 Å². The Balaban J connectivity index is 4.11. The monoisotopic (exact) mass is 1300 g/mol. The molecule has 0 saturated heterocycles. The Morgan fingerprint density at radius 2 is 0.674 bits per heavy atom. The highest BCUT2D eigenvalue weighted by atomic mass is 31.2. The fourth-order valence-electron chi connectivity index (χ4n) is 10.7. The minimum absolute atomic E-state index is 0.0147. The molecule has 2 N–H and O–H groups in total. The van der Waals surface area contributed by atoms with E-state index in [-0.39, 0.29) is 12.5 Å². The van der Waals surface area contributed by atoms with Crippen LogP contribution in [0.25, 0.3) is 0 Å². The first-order valence-corrected chi connectivity index (χ1v) is 39.7. The van der Waals surface area contributed by atoms with Crippen LogP contribution in [-0.4, -0.2) is 68.5 Å². The van der Waals surface area contributed by atoms with Gasteiger partial charge < -0.3 is 28.8 Å². The summed E-state index contributed by atoms with van der Waals surface area (Å²) in [6.07, 6.45) is 110. The first kappa shape index (κ1) is 88.4. The number of nitrogens with one attached hydrogen (secondary N) is 1. The van der Waals surface area contributed by atoms with Crippen LogP contribution in [0.5, 0.6) is 0 Å². The largest absolute Gasteiger partial charge is 0.756 e. The standard InChI is InChI=1S/C83H145N2O6P/c1-6-8-10-12-14-16-18-20-22-24-26-28-30-32-34-36-37-38-39-40-41-42-43-44-45-46-47-49-51-53-55-57-59-61-63-65-67-69-71-73-75-77-83(87)84-81(80-91-92(88,89)90-79-78-85(3,4)5)82(86)76-74-72-70-68-66-64-62-60-58-56-54-52-50-48-35-33-31-29-27-25-23-21-19-17-15-13-11-9-7-2/h8,10,14,16,20,22,26,28,32,34,37-38,40-41,43-44,46-47,58,60,66,68,74,76,81-82,86H,6-7,9,11-13,15,17-19,21,23-25,27,29-31,33,35-36,39,42,45,48-57,59,61-65,67,69-73,75,77-80H2,1-5H3,(H-,84,87,88,89)/b10-8-,16-14-,22-20-,28-26-,34-32-,38-37-,41-40-,44-43-,47-46-,60-58+,68-66+,76-74+. The third-order valence-corrected chi connectivity index (χ3v) is 17.5. The number of unbranched alkanes of at least 4 members (excludes halogenated alkanes) is 34. The predicted molar refractivity (Wildman–Crippen MR) is 403 cm³/mol. The Bertz CT molecular complexity index is 2020. The average Bonchev–Trinajstić information content (AvgIpc) is 2.63. The fourth-order valence-corrected chi connectivity index (χ4v) is 11.4. The van der Waals surface area contributed by atoms with E-state index in [0.29, 0.717) is 17.4 Å². The number of aliphatic hydroxyl groups is 1. The summed E-state index contributed by atoms with van der Waals surface area (Å²) in [7, 11) is 1.23. The summed E-state index contributed by atoms with van der Waals surface area (Å²) < 4.78 is 23.5. The molecule has 0 fully saturated rings. The third kappa shape index (κ3) is 73.8. The van der Waals surface area contributed by atoms with Crippen molar-refractivity contribution in [3.8, 4) is 0 Å². The molecule has 3 atom stereocenters. The van der Waals surface area contributed by atoms with Gasteiger partial charge in [0.05, 0.1) is 39.9 Å². The van der Waals surface area contributed by atoms with Crippen molar-refractivity contribution in [3.63, 3.8) is 0 Å². The molecule has 0 radical (unpaired) electrons. The van der Waals surface area contributed by atoms with Crippen molar-refractivity contribution in [2.24, 2.45) is 0 Å². The number of hydrogen-bond donors (Lipinski definition) is 2. The van der Waals surface area contributed by atoms with Gasteiger partial charge >= 0.3 is 0 Å². The maximum Gasteiger partial charge on any atom is 0.268 e. The number of phosphoric acid groups is 1. The molecule has 3 unspecified atom stereocenters. The lowest BCUT2D eigenvalue weighted by Crippen LogP contribution is -2.45. The number of allylic oxidation sites excluding steroid dienone is 23. The van der Waals surface area contributed by atoms with Crippen molar-refractivity contribution >= 4 is 13.7 Å². The number of nitrogens with zero attached hydrogens (tertiary/aromatic N) is 1. The van der Waals surface area contributed by atoms with E-state index >= 15 is 0 Å². The summed E-state index contributed by atoms with van der Waals surface area (Å²) in [4.78, 5) is 25.7. The van der Waals surface area contributed by atoms with Crippen molar-refractivity contribution in [1.29, 1.82) is 0 Å². The zero-order chi connectivity index (χ0) is 66.9. The van der Waals surface area contributed by atoms with Crippen LogP contribution < -0.4 is 10.2 Å². The summed E-state index contributed by atoms with van der Waals surface area (Å²) in [5, 5.41) is 14.0. The molecule has 528 valence electrons. The third-order valence-electron chi connectivity index (χ3n) is 16.5. The molecule has 0 spiro atoms. The molecule has 9 heteroatoms. The molecule has 0 aromatic rings. The molecule has 0 aromatic heterocycles. The first-order chi connectivity index (χ1) is 45.0. The summed E-state index contributed by atoms with van der Waals surface area (Å²) in [6, 6.07) is -0.922. The van der Waals surface area contributed by atoms with Crippen molar-refractivity contribution in [1.82, 2.24) is 5.32 Å². The van der Waals surface area contributed by atoms with Crippen LogP contribution in [0.3, 0.4) is 0 Å². The Kier molecular flexibility index (Phi) is 68.8. The second kappa shape index (κ2) is 71.7. The lowest BCUT2D eigenvalue weighted by Gasteiger charge is -2.29. The fraction of sp³-hybridized carbons (Fsp3) is 0.699. The van der Waals surface area contributed by atoms with Crippen LogP contribution in [0.1, 0.15) is 322 Å². The summed E-state index contributed by atoms with van der Waals surface area (Å²) in [6.45, 7) is 4.53. The van der Waals surface area contributed by atoms with Gasteiger partial charge in [0.15, 0.2) is 0 Å². The number of rotatable bonds is 69. The molecule has 92 heavy (non-hydrogen) atoms. The number of likely N-dealkylation sites (N-methyl/N-ethyl adjacent to an activating group) is 1. The van der Waals surface area contributed by atoms with Gasteiger partial charge in [-0.3, -0.25) is 9.36 Å². The van der Waals surface area contributed by atoms with Crippen LogP contribution in [0, 0.1) is 0 Å². The van der Waals surface area contributed by atoms with Gasteiger partial charge in [0.1, 0.15) is 13.2 Å². The van der Waals surface area contributed by atoms with E-state index in [0.717, 1.165) is 103 Å². The second-order valence-electron chi connectivity index (χ2n) is 26.6. The summed E-state index contributed by atoms with van der Waals surface area (Å²) >= 11 is 0. The molecule has 0 heterocycles. The smallest absolute Gasteiger partial charge is 0.268 e. The van der Waals surface area contributed by atoms with Crippen LogP contribution in [0.4, 0.5) is 0 Å². The van der Waals surface area contributed by atoms with Crippen LogP contribution >= 0.6 is 7.82 Å². The number of aliphatic hydroxyl groups excluding tert-OH is 1. The summed E-state index contributed by atoms with van der Waals surface area (Å²) in [5.41, 5.74) is 0. The quantitative estimate of drug-likeness (QED) is 0.0272. The molecule has 0 aliphatic carbocycles. The Hall–Kier alpha value is -3.62. The van der Waals surface area contributed by atoms with Crippen LogP contribution in [0.15, 0.2) is 146 Å². The van der Waals surface area contributed by atoms with E-state index in [1.165, 1.54) is 199 Å². The molecular weight excluding hydrogens is 1150 g/mol. The maximum absolute atomic E-state index is 13.1. The van der Waals surface area contributed by atoms with Gasteiger partial charge in [-0.1, -0.05) is 346 Å². The number of carbonyl (C=O) groups excluding carboxylic acids is 1. The number of quaternary nitrogens is 1. The number of hydrogen-bond acceptors (Lipinski definition) is 6. The maximum atomic E-state index is 13.1. The molecule has 8 nitrogen and oxygen atoms in total. The van der Waals surface area contributed by atoms with Crippen molar-refractivity contribution < 1.29 is 32.9 Å². The van der Waals surface area contributed by atoms with Crippen molar-refractivity contribution in [2.45, 2.75) is 334 Å².